The largest absolute Gasteiger partial charge is 0.451 e. The SMILES string of the molecule is O=C(O[C@@H]1CCCC1=O)c1cn(-c2ccccc2)nc1-c1ccc(F)cc1. The summed E-state index contributed by atoms with van der Waals surface area (Å²) in [6.45, 7) is 0. The lowest BCUT2D eigenvalue weighted by Gasteiger charge is -2.10. The number of rotatable bonds is 4. The molecule has 0 N–H and O–H groups in total. The summed E-state index contributed by atoms with van der Waals surface area (Å²) >= 11 is 0. The van der Waals surface area contributed by atoms with E-state index < -0.39 is 12.1 Å². The van der Waals surface area contributed by atoms with Crippen LogP contribution >= 0.6 is 0 Å². The summed E-state index contributed by atoms with van der Waals surface area (Å²) in [6, 6.07) is 15.1. The van der Waals surface area contributed by atoms with E-state index >= 15 is 0 Å². The summed E-state index contributed by atoms with van der Waals surface area (Å²) in [5.74, 6) is -1.03. The molecule has 1 aromatic heterocycles. The number of carbonyl (C=O) groups excluding carboxylic acids is 2. The van der Waals surface area contributed by atoms with E-state index in [-0.39, 0.29) is 17.2 Å². The first kappa shape index (κ1) is 17.1. The Kier molecular flexibility index (Phi) is 4.54. The molecule has 0 saturated heterocycles. The maximum Gasteiger partial charge on any atom is 0.342 e. The summed E-state index contributed by atoms with van der Waals surface area (Å²) in [6.07, 6.45) is 2.59. The highest BCUT2D eigenvalue weighted by Gasteiger charge is 2.30. The van der Waals surface area contributed by atoms with Crippen LogP contribution in [0.25, 0.3) is 16.9 Å². The van der Waals surface area contributed by atoms with Crippen molar-refractivity contribution in [1.82, 2.24) is 9.78 Å². The predicted octanol–water partition coefficient (Wildman–Crippen LogP) is 3.96. The van der Waals surface area contributed by atoms with Gasteiger partial charge in [-0.3, -0.25) is 4.79 Å². The van der Waals surface area contributed by atoms with Crippen LogP contribution in [-0.4, -0.2) is 27.6 Å². The maximum atomic E-state index is 13.3. The van der Waals surface area contributed by atoms with Gasteiger partial charge in [0.2, 0.25) is 0 Å². The molecule has 0 radical (unpaired) electrons. The number of benzene rings is 2. The minimum atomic E-state index is -0.696. The van der Waals surface area contributed by atoms with Crippen molar-refractivity contribution in [3.8, 4) is 16.9 Å². The molecule has 2 aromatic carbocycles. The average molecular weight is 364 g/mol. The Labute approximate surface area is 155 Å². The number of aromatic nitrogens is 2. The summed E-state index contributed by atoms with van der Waals surface area (Å²) in [7, 11) is 0. The third-order valence-electron chi connectivity index (χ3n) is 4.57. The van der Waals surface area contributed by atoms with Crippen molar-refractivity contribution in [2.45, 2.75) is 25.4 Å². The monoisotopic (exact) mass is 364 g/mol. The van der Waals surface area contributed by atoms with E-state index in [1.807, 2.05) is 30.3 Å². The third kappa shape index (κ3) is 3.51. The fourth-order valence-electron chi connectivity index (χ4n) is 3.16. The van der Waals surface area contributed by atoms with Gasteiger partial charge < -0.3 is 4.74 Å². The van der Waals surface area contributed by atoms with E-state index in [4.69, 9.17) is 4.74 Å². The van der Waals surface area contributed by atoms with Crippen LogP contribution < -0.4 is 0 Å². The number of Topliss-reactive ketones (excluding diaryl/α,β-unsaturated/α-hetero) is 1. The van der Waals surface area contributed by atoms with E-state index in [1.54, 1.807) is 23.0 Å². The fourth-order valence-corrected chi connectivity index (χ4v) is 3.16. The summed E-state index contributed by atoms with van der Waals surface area (Å²) in [5.41, 5.74) is 1.99. The van der Waals surface area contributed by atoms with Gasteiger partial charge in [-0.2, -0.15) is 5.10 Å². The highest BCUT2D eigenvalue weighted by Crippen LogP contribution is 2.26. The van der Waals surface area contributed by atoms with Crippen molar-refractivity contribution in [2.75, 3.05) is 0 Å². The van der Waals surface area contributed by atoms with Crippen molar-refractivity contribution in [3.63, 3.8) is 0 Å². The lowest BCUT2D eigenvalue weighted by Crippen LogP contribution is -2.22. The third-order valence-corrected chi connectivity index (χ3v) is 4.57. The van der Waals surface area contributed by atoms with Crippen LogP contribution in [0.1, 0.15) is 29.6 Å². The van der Waals surface area contributed by atoms with Crippen molar-refractivity contribution in [1.29, 1.82) is 0 Å². The second kappa shape index (κ2) is 7.15. The molecule has 0 aliphatic heterocycles. The zero-order valence-electron chi connectivity index (χ0n) is 14.5. The van der Waals surface area contributed by atoms with Gasteiger partial charge in [0.05, 0.1) is 5.69 Å². The standard InChI is InChI=1S/C21H17FN2O3/c22-15-11-9-14(10-12-15)20-17(21(26)27-19-8-4-7-18(19)25)13-24(23-20)16-5-2-1-3-6-16/h1-3,5-6,9-13,19H,4,7-8H2/t19-/m1/s1. The lowest BCUT2D eigenvalue weighted by molar-refractivity contribution is -0.124. The first-order chi connectivity index (χ1) is 13.1. The number of halogens is 1. The fraction of sp³-hybridized carbons (Fsp3) is 0.190. The average Bonchev–Trinajstić information content (AvgIpc) is 3.30. The highest BCUT2D eigenvalue weighted by atomic mass is 19.1. The van der Waals surface area contributed by atoms with Crippen LogP contribution in [0.2, 0.25) is 0 Å². The quantitative estimate of drug-likeness (QED) is 0.658. The molecule has 1 atom stereocenters. The van der Waals surface area contributed by atoms with Gasteiger partial charge in [-0.05, 0) is 49.2 Å². The van der Waals surface area contributed by atoms with Gasteiger partial charge in [-0.25, -0.2) is 13.9 Å². The number of ether oxygens (including phenoxy) is 1. The molecule has 1 saturated carbocycles. The Bertz CT molecular complexity index is 980. The van der Waals surface area contributed by atoms with E-state index in [2.05, 4.69) is 5.10 Å². The van der Waals surface area contributed by atoms with Crippen LogP contribution in [0.4, 0.5) is 4.39 Å². The van der Waals surface area contributed by atoms with Gasteiger partial charge >= 0.3 is 5.97 Å². The first-order valence-electron chi connectivity index (χ1n) is 8.76. The Morgan fingerprint density at radius 3 is 2.52 bits per heavy atom. The molecule has 3 aromatic rings. The van der Waals surface area contributed by atoms with E-state index in [1.165, 1.54) is 12.1 Å². The lowest BCUT2D eigenvalue weighted by atomic mass is 10.1. The topological polar surface area (TPSA) is 61.2 Å². The van der Waals surface area contributed by atoms with Crippen LogP contribution in [-0.2, 0) is 9.53 Å². The Hall–Kier alpha value is -3.28. The molecule has 0 bridgehead atoms. The molecule has 27 heavy (non-hydrogen) atoms. The van der Waals surface area contributed by atoms with Gasteiger partial charge in [0, 0.05) is 18.2 Å². The minimum Gasteiger partial charge on any atom is -0.451 e. The summed E-state index contributed by atoms with van der Waals surface area (Å²) in [5, 5.41) is 4.50. The van der Waals surface area contributed by atoms with Crippen molar-refractivity contribution in [2.24, 2.45) is 0 Å². The maximum absolute atomic E-state index is 13.3. The summed E-state index contributed by atoms with van der Waals surface area (Å²) < 4.78 is 20.3. The Balaban J connectivity index is 1.73. The van der Waals surface area contributed by atoms with Gasteiger partial charge in [-0.15, -0.1) is 0 Å². The smallest absolute Gasteiger partial charge is 0.342 e. The van der Waals surface area contributed by atoms with Crippen LogP contribution in [0.15, 0.2) is 60.8 Å². The number of hydrogen-bond donors (Lipinski definition) is 0. The van der Waals surface area contributed by atoms with E-state index in [9.17, 15) is 14.0 Å². The molecule has 0 spiro atoms. The normalized spacial score (nSPS) is 16.5. The molecule has 6 heteroatoms. The highest BCUT2D eigenvalue weighted by molar-refractivity contribution is 5.98. The van der Waals surface area contributed by atoms with Gasteiger partial charge in [0.15, 0.2) is 11.9 Å². The van der Waals surface area contributed by atoms with E-state index in [0.29, 0.717) is 24.1 Å². The van der Waals surface area contributed by atoms with Gasteiger partial charge in [0.25, 0.3) is 0 Å². The van der Waals surface area contributed by atoms with Crippen LogP contribution in [0.3, 0.4) is 0 Å². The molecule has 1 aliphatic carbocycles. The number of para-hydroxylation sites is 1. The second-order valence-corrected chi connectivity index (χ2v) is 6.43. The molecule has 1 fully saturated rings. The van der Waals surface area contributed by atoms with Gasteiger partial charge in [-0.1, -0.05) is 18.2 Å². The second-order valence-electron chi connectivity index (χ2n) is 6.43. The van der Waals surface area contributed by atoms with Crippen molar-refractivity contribution < 1.29 is 18.7 Å². The Morgan fingerprint density at radius 2 is 1.85 bits per heavy atom. The van der Waals surface area contributed by atoms with Crippen LogP contribution in [0.5, 0.6) is 0 Å². The van der Waals surface area contributed by atoms with Crippen LogP contribution in [0, 0.1) is 5.82 Å². The number of hydrogen-bond acceptors (Lipinski definition) is 4. The minimum absolute atomic E-state index is 0.0536. The number of carbonyl (C=O) groups is 2. The molecule has 136 valence electrons. The molecular formula is C21H17FN2O3. The molecule has 1 heterocycles. The molecular weight excluding hydrogens is 347 g/mol. The molecule has 1 aliphatic rings. The van der Waals surface area contributed by atoms with Crippen molar-refractivity contribution in [3.05, 3.63) is 72.2 Å². The molecule has 4 rings (SSSR count). The number of esters is 1. The molecule has 0 unspecified atom stereocenters. The predicted molar refractivity (Wildman–Crippen MR) is 97.0 cm³/mol. The zero-order valence-corrected chi connectivity index (χ0v) is 14.5. The first-order valence-corrected chi connectivity index (χ1v) is 8.76. The molecule has 0 amide bonds. The number of ketones is 1. The summed E-state index contributed by atoms with van der Waals surface area (Å²) in [4.78, 5) is 24.6. The van der Waals surface area contributed by atoms with Gasteiger partial charge in [0.1, 0.15) is 17.1 Å². The Morgan fingerprint density at radius 1 is 1.11 bits per heavy atom. The molecule has 5 nitrogen and oxygen atoms in total. The van der Waals surface area contributed by atoms with Crippen molar-refractivity contribution >= 4 is 11.8 Å². The van der Waals surface area contributed by atoms with E-state index in [0.717, 1.165) is 12.1 Å². The zero-order chi connectivity index (χ0) is 18.8. The number of nitrogens with zero attached hydrogens (tertiary/aromatic N) is 2.